The third kappa shape index (κ3) is 1.80. The van der Waals surface area contributed by atoms with Gasteiger partial charge in [0.2, 0.25) is 0 Å². The van der Waals surface area contributed by atoms with E-state index in [4.69, 9.17) is 0 Å². The summed E-state index contributed by atoms with van der Waals surface area (Å²) in [6.45, 7) is 8.96. The Morgan fingerprint density at radius 2 is 1.55 bits per heavy atom. The first-order valence-electron chi connectivity index (χ1n) is 3.65. The van der Waals surface area contributed by atoms with Gasteiger partial charge >= 0.3 is 74.6 Å². The quantitative estimate of drug-likeness (QED) is 0.533. The van der Waals surface area contributed by atoms with Gasteiger partial charge in [-0.2, -0.15) is 0 Å². The van der Waals surface area contributed by atoms with Gasteiger partial charge in [-0.1, -0.05) is 0 Å². The molecule has 0 spiro atoms. The summed E-state index contributed by atoms with van der Waals surface area (Å²) in [5, 5.41) is 0. The third-order valence-corrected chi connectivity index (χ3v) is 3.90. The van der Waals surface area contributed by atoms with Crippen LogP contribution >= 0.6 is 12.4 Å². The van der Waals surface area contributed by atoms with E-state index in [1.54, 1.807) is 9.45 Å². The van der Waals surface area contributed by atoms with Crippen LogP contribution in [0.1, 0.15) is 27.7 Å². The van der Waals surface area contributed by atoms with Gasteiger partial charge in [0.25, 0.3) is 0 Å². The van der Waals surface area contributed by atoms with Crippen LogP contribution in [0.25, 0.3) is 0 Å². The largest absolute Gasteiger partial charge is 0.147 e. The first-order valence-corrected chi connectivity index (χ1v) is 4.44. The van der Waals surface area contributed by atoms with Gasteiger partial charge in [-0.05, 0) is 0 Å². The van der Waals surface area contributed by atoms with Crippen molar-refractivity contribution in [1.82, 2.24) is 0 Å². The maximum Gasteiger partial charge on any atom is -0.147 e. The minimum atomic E-state index is 0. The van der Waals surface area contributed by atoms with Crippen LogP contribution in [0.3, 0.4) is 0 Å². The van der Waals surface area contributed by atoms with E-state index in [0.717, 1.165) is 0 Å². The topological polar surface area (TPSA) is 0 Å². The molecule has 0 bridgehead atoms. The predicted molar refractivity (Wildman–Crippen MR) is 47.5 cm³/mol. The Balaban J connectivity index is 0.000001000. The molecule has 0 aromatic rings. The van der Waals surface area contributed by atoms with Crippen LogP contribution in [0, 0.1) is 5.92 Å². The van der Waals surface area contributed by atoms with Crippen LogP contribution in [0.2, 0.25) is 0 Å². The Morgan fingerprint density at radius 1 is 1.09 bits per heavy atom. The molecule has 0 saturated carbocycles. The van der Waals surface area contributed by atoms with Gasteiger partial charge in [0.05, 0.1) is 0 Å². The zero-order valence-corrected chi connectivity index (χ0v) is 9.86. The summed E-state index contributed by atoms with van der Waals surface area (Å²) in [6.07, 6.45) is 0. The second-order valence-corrected chi connectivity index (χ2v) is 3.91. The molecule has 0 N–H and O–H groups in total. The molecule has 11 heavy (non-hydrogen) atoms. The van der Waals surface area contributed by atoms with E-state index >= 15 is 0 Å². The fourth-order valence-electron chi connectivity index (χ4n) is 1.36. The normalized spacial score (nSPS) is 24.1. The molecule has 1 atom stereocenters. The van der Waals surface area contributed by atoms with Crippen molar-refractivity contribution in [2.24, 2.45) is 5.92 Å². The average molecular weight is 206 g/mol. The summed E-state index contributed by atoms with van der Waals surface area (Å²) < 4.78 is 1.55. The number of hydrogen-bond acceptors (Lipinski definition) is 0. The summed E-state index contributed by atoms with van der Waals surface area (Å²) in [5.74, 6) is 0.694. The molecule has 0 saturated heterocycles. The van der Waals surface area contributed by atoms with Gasteiger partial charge in [0, 0.05) is 0 Å². The monoisotopic (exact) mass is 205 g/mol. The summed E-state index contributed by atoms with van der Waals surface area (Å²) in [7, 11) is 0. The third-order valence-electron chi connectivity index (χ3n) is 2.64. The minimum absolute atomic E-state index is 0. The first kappa shape index (κ1) is 11.5. The second kappa shape index (κ2) is 3.93. The van der Waals surface area contributed by atoms with E-state index in [1.807, 2.05) is 0 Å². The molecule has 1 aliphatic rings. The molecule has 1 aliphatic carbocycles. The van der Waals surface area contributed by atoms with Crippen LogP contribution in [-0.2, 0) is 20.4 Å². The van der Waals surface area contributed by atoms with Crippen LogP contribution in [0.15, 0.2) is 20.6 Å². The van der Waals surface area contributed by atoms with E-state index in [-0.39, 0.29) is 12.4 Å². The van der Waals surface area contributed by atoms with E-state index in [0.29, 0.717) is 5.92 Å². The number of allylic oxidation sites excluding steroid dienone is 4. The van der Waals surface area contributed by atoms with Crippen LogP contribution < -0.4 is 0 Å². The fraction of sp³-hybridized carbons (Fsp3) is 0.556. The predicted octanol–water partition coefficient (Wildman–Crippen LogP) is 3.22. The summed E-state index contributed by atoms with van der Waals surface area (Å²) in [5.41, 5.74) is 4.56. The van der Waals surface area contributed by atoms with Gasteiger partial charge in [-0.3, -0.25) is 0 Å². The average Bonchev–Trinajstić information content (AvgIpc) is 2.07. The Kier molecular flexibility index (Phi) is 4.11. The molecule has 2 heteroatoms. The molecule has 0 aromatic carbocycles. The molecule has 1 unspecified atom stereocenters. The van der Waals surface area contributed by atoms with Gasteiger partial charge in [-0.25, -0.2) is 0 Å². The Morgan fingerprint density at radius 3 is 1.64 bits per heavy atom. The molecular formula is C9H14ClTi. The van der Waals surface area contributed by atoms with Gasteiger partial charge in [0.1, 0.15) is 0 Å². The Hall–Kier alpha value is 0.484. The van der Waals surface area contributed by atoms with Crippen molar-refractivity contribution in [2.75, 3.05) is 0 Å². The van der Waals surface area contributed by atoms with Crippen molar-refractivity contribution in [2.45, 2.75) is 27.7 Å². The Labute approximate surface area is 87.0 Å². The number of hydrogen-bond donors (Lipinski definition) is 0. The van der Waals surface area contributed by atoms with E-state index < -0.39 is 0 Å². The maximum atomic E-state index is 2.28. The van der Waals surface area contributed by atoms with Crippen molar-refractivity contribution in [3.8, 4) is 0 Å². The van der Waals surface area contributed by atoms with Crippen molar-refractivity contribution < 1.29 is 20.4 Å². The molecule has 0 radical (unpaired) electrons. The zero-order valence-electron chi connectivity index (χ0n) is 7.49. The first-order chi connectivity index (χ1) is 4.55. The van der Waals surface area contributed by atoms with E-state index in [1.165, 1.54) is 11.1 Å². The summed E-state index contributed by atoms with van der Waals surface area (Å²) in [6, 6.07) is 0. The molecule has 0 aliphatic heterocycles. The second-order valence-electron chi connectivity index (χ2n) is 3.07. The Bertz CT molecular complexity index is 202. The molecule has 1 rings (SSSR count). The van der Waals surface area contributed by atoms with E-state index in [2.05, 4.69) is 48.1 Å². The fourth-order valence-corrected chi connectivity index (χ4v) is 1.99. The van der Waals surface area contributed by atoms with Crippen molar-refractivity contribution >= 4 is 12.4 Å². The molecule has 61 valence electrons. The van der Waals surface area contributed by atoms with Crippen LogP contribution in [-0.4, -0.2) is 0 Å². The minimum Gasteiger partial charge on any atom is -0.147 e. The van der Waals surface area contributed by atoms with Crippen molar-refractivity contribution in [3.63, 3.8) is 0 Å². The van der Waals surface area contributed by atoms with Gasteiger partial charge in [0.15, 0.2) is 0 Å². The van der Waals surface area contributed by atoms with Crippen LogP contribution in [0.4, 0.5) is 0 Å². The van der Waals surface area contributed by atoms with Gasteiger partial charge < -0.3 is 0 Å². The number of rotatable bonds is 0. The SMILES string of the molecule is CC1=C(C)C(C)[C]([Ti])=C1C.Cl. The molecule has 0 fully saturated rings. The van der Waals surface area contributed by atoms with Gasteiger partial charge in [-0.15, -0.1) is 12.4 Å². The zero-order chi connectivity index (χ0) is 7.89. The molecule has 0 amide bonds. The maximum absolute atomic E-state index is 2.28. The molecule has 0 aromatic heterocycles. The van der Waals surface area contributed by atoms with Crippen LogP contribution in [0.5, 0.6) is 0 Å². The van der Waals surface area contributed by atoms with E-state index in [9.17, 15) is 0 Å². The summed E-state index contributed by atoms with van der Waals surface area (Å²) >= 11 is 2.24. The molecule has 0 nitrogen and oxygen atoms in total. The number of halogens is 1. The van der Waals surface area contributed by atoms with Crippen molar-refractivity contribution in [3.05, 3.63) is 20.6 Å². The molecule has 0 heterocycles. The standard InChI is InChI=1S/C9H13.ClH.Ti/c1-6-5-7(2)9(4)8(6)3;;/h6H,1-4H3;1H;. The van der Waals surface area contributed by atoms with Crippen molar-refractivity contribution in [1.29, 1.82) is 0 Å². The molecular weight excluding hydrogens is 191 g/mol. The summed E-state index contributed by atoms with van der Waals surface area (Å²) in [4.78, 5) is 0. The smallest absolute Gasteiger partial charge is 0.147 e.